The summed E-state index contributed by atoms with van der Waals surface area (Å²) >= 11 is 0. The third-order valence-electron chi connectivity index (χ3n) is 3.27. The molecule has 0 aromatic heterocycles. The number of aryl methyl sites for hydroxylation is 2. The zero-order chi connectivity index (χ0) is 13.7. The highest BCUT2D eigenvalue weighted by Gasteiger charge is 2.12. The Bertz CT molecular complexity index is 410. The summed E-state index contributed by atoms with van der Waals surface area (Å²) in [6, 6.07) is 5.97. The minimum absolute atomic E-state index is 0.223. The van der Waals surface area contributed by atoms with E-state index in [1.165, 1.54) is 11.1 Å². The molecular formula is C16H25NO. The molecule has 0 bridgehead atoms. The van der Waals surface area contributed by atoms with Gasteiger partial charge >= 0.3 is 0 Å². The highest BCUT2D eigenvalue weighted by atomic mass is 16.1. The molecule has 0 aliphatic carbocycles. The van der Waals surface area contributed by atoms with Crippen molar-refractivity contribution in [3.05, 3.63) is 34.9 Å². The van der Waals surface area contributed by atoms with Crippen LogP contribution in [0, 0.1) is 19.8 Å². The lowest BCUT2D eigenvalue weighted by Crippen LogP contribution is -2.32. The average molecular weight is 247 g/mol. The Labute approximate surface area is 111 Å². The third kappa shape index (κ3) is 4.26. The fourth-order valence-electron chi connectivity index (χ4n) is 2.03. The molecule has 0 atom stereocenters. The van der Waals surface area contributed by atoms with Crippen LogP contribution in [0.3, 0.4) is 0 Å². The lowest BCUT2D eigenvalue weighted by atomic mass is 10.0. The predicted molar refractivity (Wildman–Crippen MR) is 77.2 cm³/mol. The number of hydrogen-bond acceptors (Lipinski definition) is 2. The number of hydrogen-bond donors (Lipinski definition) is 0. The highest BCUT2D eigenvalue weighted by molar-refractivity contribution is 5.97. The van der Waals surface area contributed by atoms with Gasteiger partial charge < -0.3 is 0 Å². The first-order valence-corrected chi connectivity index (χ1v) is 6.76. The van der Waals surface area contributed by atoms with Crippen LogP contribution in [0.1, 0.15) is 42.3 Å². The molecule has 2 nitrogen and oxygen atoms in total. The second-order valence-corrected chi connectivity index (χ2v) is 5.44. The van der Waals surface area contributed by atoms with Gasteiger partial charge in [0.2, 0.25) is 0 Å². The van der Waals surface area contributed by atoms with Gasteiger partial charge in [-0.25, -0.2) is 0 Å². The van der Waals surface area contributed by atoms with Crippen molar-refractivity contribution in [1.82, 2.24) is 4.90 Å². The Kier molecular flexibility index (Phi) is 5.54. The van der Waals surface area contributed by atoms with Crippen molar-refractivity contribution < 1.29 is 4.79 Å². The van der Waals surface area contributed by atoms with Crippen molar-refractivity contribution in [2.45, 2.75) is 34.6 Å². The Morgan fingerprint density at radius 1 is 1.22 bits per heavy atom. The first-order chi connectivity index (χ1) is 8.43. The van der Waals surface area contributed by atoms with E-state index in [2.05, 4.69) is 39.5 Å². The van der Waals surface area contributed by atoms with E-state index in [1.54, 1.807) is 0 Å². The number of carbonyl (C=O) groups is 1. The molecule has 1 aromatic carbocycles. The first-order valence-electron chi connectivity index (χ1n) is 6.76. The molecule has 0 radical (unpaired) electrons. The maximum absolute atomic E-state index is 12.2. The van der Waals surface area contributed by atoms with E-state index in [9.17, 15) is 4.79 Å². The number of likely N-dealkylation sites (N-methyl/N-ethyl adjacent to an activating group) is 1. The van der Waals surface area contributed by atoms with Crippen LogP contribution in [0.4, 0.5) is 0 Å². The third-order valence-corrected chi connectivity index (χ3v) is 3.27. The molecule has 100 valence electrons. The van der Waals surface area contributed by atoms with Crippen LogP contribution in [-0.2, 0) is 0 Å². The van der Waals surface area contributed by atoms with E-state index in [-0.39, 0.29) is 5.78 Å². The molecule has 0 unspecified atom stereocenters. The van der Waals surface area contributed by atoms with Gasteiger partial charge in [0.15, 0.2) is 5.78 Å². The van der Waals surface area contributed by atoms with E-state index < -0.39 is 0 Å². The van der Waals surface area contributed by atoms with Crippen molar-refractivity contribution in [3.63, 3.8) is 0 Å². The maximum atomic E-state index is 12.2. The van der Waals surface area contributed by atoms with Gasteiger partial charge in [-0.15, -0.1) is 0 Å². The van der Waals surface area contributed by atoms with Gasteiger partial charge in [0.1, 0.15) is 0 Å². The summed E-state index contributed by atoms with van der Waals surface area (Å²) in [5.74, 6) is 0.818. The van der Waals surface area contributed by atoms with Crippen LogP contribution >= 0.6 is 0 Å². The van der Waals surface area contributed by atoms with Crippen molar-refractivity contribution in [2.75, 3.05) is 19.6 Å². The van der Waals surface area contributed by atoms with E-state index >= 15 is 0 Å². The fraction of sp³-hybridized carbons (Fsp3) is 0.562. The van der Waals surface area contributed by atoms with Crippen LogP contribution in [-0.4, -0.2) is 30.3 Å². The van der Waals surface area contributed by atoms with Gasteiger partial charge in [-0.3, -0.25) is 9.69 Å². The standard InChI is InChI=1S/C16H25NO/c1-6-17(10-12(2)3)11-16(18)15-8-7-13(4)14(5)9-15/h7-9,12H,6,10-11H2,1-5H3. The summed E-state index contributed by atoms with van der Waals surface area (Å²) in [7, 11) is 0. The zero-order valence-corrected chi connectivity index (χ0v) is 12.3. The number of Topliss-reactive ketones (excluding diaryl/α,β-unsaturated/α-hetero) is 1. The predicted octanol–water partition coefficient (Wildman–Crippen LogP) is 3.46. The molecular weight excluding hydrogens is 222 g/mol. The van der Waals surface area contributed by atoms with E-state index in [1.807, 2.05) is 18.2 Å². The summed E-state index contributed by atoms with van der Waals surface area (Å²) in [4.78, 5) is 14.4. The smallest absolute Gasteiger partial charge is 0.176 e. The van der Waals surface area contributed by atoms with Gasteiger partial charge in [0, 0.05) is 12.1 Å². The Hall–Kier alpha value is -1.15. The fourth-order valence-corrected chi connectivity index (χ4v) is 2.03. The molecule has 0 aliphatic rings. The van der Waals surface area contributed by atoms with Gasteiger partial charge in [-0.05, 0) is 43.5 Å². The average Bonchev–Trinajstić information content (AvgIpc) is 2.31. The summed E-state index contributed by atoms with van der Waals surface area (Å²) in [6.45, 7) is 13.0. The van der Waals surface area contributed by atoms with Gasteiger partial charge in [0.05, 0.1) is 6.54 Å². The molecule has 0 saturated heterocycles. The summed E-state index contributed by atoms with van der Waals surface area (Å²) in [5, 5.41) is 0. The lowest BCUT2D eigenvalue weighted by molar-refractivity contribution is 0.0926. The normalized spacial score (nSPS) is 11.3. The molecule has 0 amide bonds. The van der Waals surface area contributed by atoms with Crippen LogP contribution in [0.15, 0.2) is 18.2 Å². The number of carbonyl (C=O) groups excluding carboxylic acids is 1. The van der Waals surface area contributed by atoms with Crippen molar-refractivity contribution >= 4 is 5.78 Å². The van der Waals surface area contributed by atoms with Crippen LogP contribution in [0.2, 0.25) is 0 Å². The first kappa shape index (κ1) is 14.9. The van der Waals surface area contributed by atoms with Crippen molar-refractivity contribution in [3.8, 4) is 0 Å². The molecule has 0 saturated carbocycles. The highest BCUT2D eigenvalue weighted by Crippen LogP contribution is 2.11. The summed E-state index contributed by atoms with van der Waals surface area (Å²) in [5.41, 5.74) is 3.26. The number of nitrogens with zero attached hydrogens (tertiary/aromatic N) is 1. The minimum Gasteiger partial charge on any atom is -0.296 e. The molecule has 0 aliphatic heterocycles. The Balaban J connectivity index is 2.71. The molecule has 2 heteroatoms. The topological polar surface area (TPSA) is 20.3 Å². The van der Waals surface area contributed by atoms with E-state index in [0.717, 1.165) is 18.7 Å². The van der Waals surface area contributed by atoms with E-state index in [4.69, 9.17) is 0 Å². The van der Waals surface area contributed by atoms with Crippen molar-refractivity contribution in [1.29, 1.82) is 0 Å². The SMILES string of the molecule is CCN(CC(=O)c1ccc(C)c(C)c1)CC(C)C. The van der Waals surface area contributed by atoms with Crippen LogP contribution in [0.5, 0.6) is 0 Å². The Morgan fingerprint density at radius 2 is 1.89 bits per heavy atom. The maximum Gasteiger partial charge on any atom is 0.176 e. The summed E-state index contributed by atoms with van der Waals surface area (Å²) in [6.07, 6.45) is 0. The monoisotopic (exact) mass is 247 g/mol. The molecule has 18 heavy (non-hydrogen) atoms. The number of ketones is 1. The Morgan fingerprint density at radius 3 is 2.39 bits per heavy atom. The van der Waals surface area contributed by atoms with Crippen molar-refractivity contribution in [2.24, 2.45) is 5.92 Å². The molecule has 0 spiro atoms. The second-order valence-electron chi connectivity index (χ2n) is 5.44. The minimum atomic E-state index is 0.223. The molecule has 0 heterocycles. The molecule has 1 aromatic rings. The number of benzene rings is 1. The molecule has 0 N–H and O–H groups in total. The van der Waals surface area contributed by atoms with Gasteiger partial charge in [-0.2, -0.15) is 0 Å². The largest absolute Gasteiger partial charge is 0.296 e. The molecule has 0 fully saturated rings. The summed E-state index contributed by atoms with van der Waals surface area (Å²) < 4.78 is 0. The number of rotatable bonds is 6. The quantitative estimate of drug-likeness (QED) is 0.717. The van der Waals surface area contributed by atoms with Gasteiger partial charge in [0.25, 0.3) is 0 Å². The zero-order valence-electron chi connectivity index (χ0n) is 12.3. The van der Waals surface area contributed by atoms with E-state index in [0.29, 0.717) is 12.5 Å². The second kappa shape index (κ2) is 6.69. The van der Waals surface area contributed by atoms with Gasteiger partial charge in [-0.1, -0.05) is 32.9 Å². The molecule has 1 rings (SSSR count). The van der Waals surface area contributed by atoms with Crippen LogP contribution in [0.25, 0.3) is 0 Å². The lowest BCUT2D eigenvalue weighted by Gasteiger charge is -2.21. The van der Waals surface area contributed by atoms with Crippen LogP contribution < -0.4 is 0 Å².